The van der Waals surface area contributed by atoms with Gasteiger partial charge in [-0.25, -0.2) is 0 Å². The molecule has 0 saturated heterocycles. The molecule has 2 aliphatic rings. The average Bonchev–Trinajstić information content (AvgIpc) is 0.728. The van der Waals surface area contributed by atoms with Crippen LogP contribution in [0.3, 0.4) is 0 Å². The molecule has 5 nitrogen and oxygen atoms in total. The van der Waals surface area contributed by atoms with Crippen molar-refractivity contribution >= 4 is 129 Å². The van der Waals surface area contributed by atoms with E-state index in [4.69, 9.17) is 0 Å². The number of unbranched alkanes of at least 4 members (excludes halogenated alkanes) is 1. The van der Waals surface area contributed by atoms with Crippen molar-refractivity contribution in [3.8, 4) is 17.1 Å². The van der Waals surface area contributed by atoms with Crippen molar-refractivity contribution in [2.75, 3.05) is 9.80 Å². The summed E-state index contributed by atoms with van der Waals surface area (Å²) in [6, 6.07) is 87.4. The van der Waals surface area contributed by atoms with Crippen molar-refractivity contribution < 1.29 is 0 Å². The van der Waals surface area contributed by atoms with Crippen LogP contribution in [0.5, 0.6) is 0 Å². The number of hydrogen-bond donors (Lipinski definition) is 0. The third kappa shape index (κ3) is 10.4. The van der Waals surface area contributed by atoms with Crippen molar-refractivity contribution in [3.05, 3.63) is 252 Å². The molecule has 0 N–H and O–H groups in total. The molecule has 0 radical (unpaired) electrons. The van der Waals surface area contributed by atoms with Crippen LogP contribution >= 0.6 is 0 Å². The van der Waals surface area contributed by atoms with E-state index >= 15 is 0 Å². The second-order valence-electron chi connectivity index (χ2n) is 35.5. The second kappa shape index (κ2) is 22.9. The van der Waals surface area contributed by atoms with Gasteiger partial charge in [0.15, 0.2) is 0 Å². The van der Waals surface area contributed by atoms with Gasteiger partial charge >= 0.3 is 602 Å². The van der Waals surface area contributed by atoms with Gasteiger partial charge in [-0.2, -0.15) is 0 Å². The first-order valence-corrected chi connectivity index (χ1v) is 43.1. The summed E-state index contributed by atoms with van der Waals surface area (Å²) in [5.41, 5.74) is 25.9. The summed E-state index contributed by atoms with van der Waals surface area (Å²) in [4.78, 5) is 5.43. The second-order valence-corrected chi connectivity index (χ2v) is 46.6. The van der Waals surface area contributed by atoms with Crippen LogP contribution in [0, 0.1) is 0 Å². The number of rotatable bonds is 8. The zero-order chi connectivity index (χ0) is 70.3. The summed E-state index contributed by atoms with van der Waals surface area (Å²) in [5.74, 6) is 0. The summed E-state index contributed by atoms with van der Waals surface area (Å²) in [7, 11) is 0. The van der Waals surface area contributed by atoms with E-state index in [9.17, 15) is 0 Å². The Labute approximate surface area is 598 Å². The molecule has 6 heteroatoms. The Bertz CT molecular complexity index is 5170. The Hall–Kier alpha value is -8.78. The van der Waals surface area contributed by atoms with Crippen LogP contribution in [0.2, 0.25) is 4.44 Å². The van der Waals surface area contributed by atoms with Crippen molar-refractivity contribution in [1.29, 1.82) is 0 Å². The van der Waals surface area contributed by atoms with Gasteiger partial charge in [0.05, 0.1) is 0 Å². The van der Waals surface area contributed by atoms with Crippen LogP contribution in [0.4, 0.5) is 34.1 Å². The summed E-state index contributed by atoms with van der Waals surface area (Å²) in [5, 5.41) is 7.64. The normalized spacial score (nSPS) is 14.3. The van der Waals surface area contributed by atoms with Gasteiger partial charge in [0.2, 0.25) is 0 Å². The average molecular weight is 1420 g/mol. The van der Waals surface area contributed by atoms with Crippen LogP contribution in [0.15, 0.2) is 218 Å². The molecule has 0 spiro atoms. The van der Waals surface area contributed by atoms with Crippen LogP contribution in [-0.2, 0) is 32.5 Å². The third-order valence-electron chi connectivity index (χ3n) is 22.6. The number of para-hydroxylation sites is 2. The Morgan fingerprint density at radius 1 is 0.260 bits per heavy atom. The van der Waals surface area contributed by atoms with Crippen molar-refractivity contribution in [2.24, 2.45) is 0 Å². The number of fused-ring (bicyclic) bond motifs is 13. The topological polar surface area (TPSA) is 21.3 Å². The van der Waals surface area contributed by atoms with Crippen molar-refractivity contribution in [1.82, 2.24) is 13.7 Å². The minimum atomic E-state index is -4.52. The van der Waals surface area contributed by atoms with E-state index in [0.717, 1.165) is 34.3 Å². The van der Waals surface area contributed by atoms with E-state index in [-0.39, 0.29) is 32.5 Å². The molecule has 0 aliphatic carbocycles. The van der Waals surface area contributed by atoms with Gasteiger partial charge < -0.3 is 0 Å². The first-order chi connectivity index (χ1) is 47.3. The predicted molar refractivity (Wildman–Crippen MR) is 435 cm³/mol. The molecule has 0 fully saturated rings. The standard InChI is InChI=1S/C90H90N5.C4H9.Sn/c1-85(2,3)58-35-41-73-74-42-36-59(86(4,5)6)48-80(74)93(79(73)47-58)68-33-25-31-66(53-68)91(64-27-21-19-22-28-64)70-55-71(57-72(56-70)95-83-51-62(89(13,14)15)39-45-77(83)78-46-40-63(52-84(78)95)90(16,17)18)92(65-29-23-20-24-30-65)67-32-26-34-69(54-67)94-81-49-60(87(7,8)9)37-43-75(81)76-44-38-61(50-82(76)94)88(10,11)12;1-3-4-2;/h19-30,33-54,56-57H,1-18H3;1,3-4H2,2H3;. The predicted octanol–water partition coefficient (Wildman–Crippen LogP) is 24.6. The molecule has 11 aromatic carbocycles. The monoisotopic (exact) mass is 1420 g/mol. The molecule has 0 atom stereocenters. The molecule has 0 saturated carbocycles. The molecule has 0 bridgehead atoms. The SMILES string of the molecule is CCC[CH2][Sn]12[c]3ccc(-n4c5cc(C(C)(C)C)ccc5c5ccc(C(C)(C)C)cc54)cc3N(c3ccccc3)c3cc(-n4c5cc(C(C)(C)C)ccc5c5ccc(C(C)(C)C)cc54)cc([c]31)N(c1ccccc1)c1cc(-n3c4cc(C(C)(C)C)ccc4c4ccc(C(C)(C)C)cc43)cc[c]12. The molecule has 3 aromatic heterocycles. The molecule has 14 aromatic rings. The molecule has 16 rings (SSSR count). The molecule has 100 heavy (non-hydrogen) atoms. The minimum absolute atomic E-state index is 0.0571. The summed E-state index contributed by atoms with van der Waals surface area (Å²) >= 11 is -4.52. The maximum absolute atomic E-state index is 4.52. The van der Waals surface area contributed by atoms with Gasteiger partial charge in [-0.1, -0.05) is 0 Å². The Kier molecular flexibility index (Phi) is 15.0. The van der Waals surface area contributed by atoms with Crippen LogP contribution in [0.25, 0.3) is 82.5 Å². The van der Waals surface area contributed by atoms with Gasteiger partial charge in [-0.15, -0.1) is 0 Å². The fourth-order valence-corrected chi connectivity index (χ4v) is 33.2. The molecular weight excluding hydrogens is 1320 g/mol. The van der Waals surface area contributed by atoms with Crippen LogP contribution in [-0.4, -0.2) is 32.1 Å². The Morgan fingerprint density at radius 2 is 0.520 bits per heavy atom. The zero-order valence-electron chi connectivity index (χ0n) is 62.6. The number of aromatic nitrogens is 3. The van der Waals surface area contributed by atoms with E-state index < -0.39 is 18.4 Å². The van der Waals surface area contributed by atoms with Crippen LogP contribution in [0.1, 0.15) is 178 Å². The number of anilines is 6. The van der Waals surface area contributed by atoms with Crippen molar-refractivity contribution in [2.45, 2.75) is 181 Å². The summed E-state index contributed by atoms with van der Waals surface area (Å²) in [6.45, 7) is 44.8. The molecule has 5 heterocycles. The van der Waals surface area contributed by atoms with E-state index in [0.29, 0.717) is 0 Å². The van der Waals surface area contributed by atoms with Crippen molar-refractivity contribution in [3.63, 3.8) is 0 Å². The van der Waals surface area contributed by atoms with E-state index in [2.05, 4.69) is 373 Å². The first-order valence-electron chi connectivity index (χ1n) is 36.8. The number of hydrogen-bond acceptors (Lipinski definition) is 2. The number of nitrogens with zero attached hydrogens (tertiary/aromatic N) is 5. The third-order valence-corrected chi connectivity index (χ3v) is 37.3. The summed E-state index contributed by atoms with van der Waals surface area (Å²) in [6.07, 6.45) is 2.19. The fourth-order valence-electron chi connectivity index (χ4n) is 16.8. The quantitative estimate of drug-likeness (QED) is 0.141. The molecule has 2 aliphatic heterocycles. The number of benzene rings is 11. The first kappa shape index (κ1) is 65.8. The van der Waals surface area contributed by atoms with E-state index in [1.165, 1.54) is 144 Å². The molecule has 0 amide bonds. The van der Waals surface area contributed by atoms with Gasteiger partial charge in [0.1, 0.15) is 0 Å². The van der Waals surface area contributed by atoms with E-state index in [1.807, 2.05) is 0 Å². The van der Waals surface area contributed by atoms with Crippen LogP contribution < -0.4 is 20.5 Å². The fraction of sp³-hybridized carbons (Fsp3) is 0.298. The summed E-state index contributed by atoms with van der Waals surface area (Å²) < 4.78 is 13.6. The van der Waals surface area contributed by atoms with Gasteiger partial charge in [0.25, 0.3) is 0 Å². The van der Waals surface area contributed by atoms with Gasteiger partial charge in [0, 0.05) is 0 Å². The van der Waals surface area contributed by atoms with E-state index in [1.54, 1.807) is 0 Å². The molecular formula is C94H99N5Sn. The molecule has 0 unspecified atom stereocenters. The Morgan fingerprint density at radius 3 is 0.780 bits per heavy atom. The maximum atomic E-state index is 2.71. The van der Waals surface area contributed by atoms with Gasteiger partial charge in [-0.3, -0.25) is 0 Å². The molecule has 504 valence electrons. The zero-order valence-corrected chi connectivity index (χ0v) is 65.5. The van der Waals surface area contributed by atoms with Gasteiger partial charge in [-0.05, 0) is 0 Å². The Balaban J connectivity index is 1.09.